The minimum absolute atomic E-state index is 0.0459. The van der Waals surface area contributed by atoms with Crippen LogP contribution < -0.4 is 21.5 Å². The molecule has 15 heteroatoms. The molecule has 0 saturated carbocycles. The van der Waals surface area contributed by atoms with E-state index in [2.05, 4.69) is 77.6 Å². The van der Waals surface area contributed by atoms with Crippen molar-refractivity contribution in [3.05, 3.63) is 87.2 Å². The molecule has 46 heavy (non-hydrogen) atoms. The van der Waals surface area contributed by atoms with E-state index < -0.39 is 17.6 Å². The second-order valence-electron chi connectivity index (χ2n) is 11.2. The van der Waals surface area contributed by atoms with Crippen LogP contribution in [0.5, 0.6) is 0 Å². The number of rotatable bonds is 6. The highest BCUT2D eigenvalue weighted by Gasteiger charge is 2.19. The van der Waals surface area contributed by atoms with Gasteiger partial charge in [-0.1, -0.05) is 36.4 Å². The monoisotopic (exact) mass is 664 g/mol. The highest BCUT2D eigenvalue weighted by Crippen LogP contribution is 2.27. The fourth-order valence-corrected chi connectivity index (χ4v) is 4.50. The van der Waals surface area contributed by atoms with Crippen LogP contribution in [0.3, 0.4) is 0 Å². The summed E-state index contributed by atoms with van der Waals surface area (Å²) in [7, 11) is 0. The van der Waals surface area contributed by atoms with Crippen molar-refractivity contribution in [2.24, 2.45) is 0 Å². The zero-order valence-corrected chi connectivity index (χ0v) is 27.8. The van der Waals surface area contributed by atoms with Crippen LogP contribution in [0.25, 0.3) is 11.0 Å². The highest BCUT2D eigenvalue weighted by atomic mass is 35.5. The number of aryl methyl sites for hydroxylation is 4. The van der Waals surface area contributed by atoms with Gasteiger partial charge >= 0.3 is 6.09 Å². The Hall–Kier alpha value is -5.01. The lowest BCUT2D eigenvalue weighted by atomic mass is 10.1. The molecular weight excluding hydrogens is 631 g/mol. The third-order valence-corrected chi connectivity index (χ3v) is 6.78. The smallest absolute Gasteiger partial charge is 0.426 e. The van der Waals surface area contributed by atoms with Crippen LogP contribution in [0.15, 0.2) is 48.8 Å². The normalized spacial score (nSPS) is 10.9. The standard InChI is InChI=1S/C18H22ClN5O3.C13H12ClN5/c1-10-7-6-8-11(2)13(10)21-15(25)12-9-20-16(19)22-14(12)23-24-17(26)27-18(3,4)5;1-7-4-3-5-8(2)10(7)16-11-9-6-15-13(14)17-12(9)19-18-11/h6-9H,1-5H3,(H,21,25)(H,24,26)(H,20,22,23);3-6H,1-2H3,(H2,15,16,17,18,19). The van der Waals surface area contributed by atoms with Gasteiger partial charge in [0.15, 0.2) is 11.5 Å². The Balaban J connectivity index is 0.000000221. The first-order valence-corrected chi connectivity index (χ1v) is 14.8. The molecule has 0 atom stereocenters. The SMILES string of the molecule is Cc1cccc(C)c1NC(=O)c1cnc(Cl)nc1NNC(=O)OC(C)(C)C.Cc1cccc(C)c1Nc1[nH]nc2nc(Cl)ncc12. The molecular formula is C31H34Cl2N10O3. The Labute approximate surface area is 275 Å². The molecule has 0 aliphatic heterocycles. The molecule has 0 aliphatic carbocycles. The number of aromatic nitrogens is 6. The Morgan fingerprint density at radius 1 is 0.826 bits per heavy atom. The highest BCUT2D eigenvalue weighted by molar-refractivity contribution is 6.28. The Morgan fingerprint density at radius 2 is 1.39 bits per heavy atom. The summed E-state index contributed by atoms with van der Waals surface area (Å²) in [5, 5.41) is 14.1. The van der Waals surface area contributed by atoms with Crippen molar-refractivity contribution in [2.45, 2.75) is 54.1 Å². The molecule has 0 radical (unpaired) electrons. The maximum absolute atomic E-state index is 12.7. The quantitative estimate of drug-likeness (QED) is 0.0921. The first kappa shape index (κ1) is 33.9. The molecule has 0 bridgehead atoms. The molecule has 5 rings (SSSR count). The van der Waals surface area contributed by atoms with Gasteiger partial charge in [-0.05, 0) is 93.9 Å². The number of hydrogen-bond acceptors (Lipinski definition) is 10. The maximum atomic E-state index is 12.7. The number of amides is 2. The van der Waals surface area contributed by atoms with Gasteiger partial charge in [0.05, 0.1) is 5.39 Å². The average Bonchev–Trinajstić information content (AvgIpc) is 3.37. The summed E-state index contributed by atoms with van der Waals surface area (Å²) in [5.41, 5.74) is 10.8. The summed E-state index contributed by atoms with van der Waals surface area (Å²) in [5.74, 6) is 0.367. The zero-order valence-electron chi connectivity index (χ0n) is 26.3. The van der Waals surface area contributed by atoms with Crippen LogP contribution in [0.4, 0.5) is 27.8 Å². The first-order valence-electron chi connectivity index (χ1n) is 14.1. The summed E-state index contributed by atoms with van der Waals surface area (Å²) in [6.07, 6.45) is 2.21. The van der Waals surface area contributed by atoms with E-state index in [1.165, 1.54) is 6.20 Å². The lowest BCUT2D eigenvalue weighted by Crippen LogP contribution is -2.36. The van der Waals surface area contributed by atoms with Gasteiger partial charge in [0.25, 0.3) is 5.91 Å². The van der Waals surface area contributed by atoms with Gasteiger partial charge in [0, 0.05) is 23.8 Å². The number of carbonyl (C=O) groups excluding carboxylic acids is 2. The van der Waals surface area contributed by atoms with E-state index in [4.69, 9.17) is 27.9 Å². The summed E-state index contributed by atoms with van der Waals surface area (Å²) in [6, 6.07) is 11.8. The number of carbonyl (C=O) groups is 2. The number of para-hydroxylation sites is 2. The van der Waals surface area contributed by atoms with E-state index in [0.29, 0.717) is 11.3 Å². The third kappa shape index (κ3) is 8.79. The average molecular weight is 666 g/mol. The lowest BCUT2D eigenvalue weighted by molar-refractivity contribution is 0.0540. The number of nitrogens with zero attached hydrogens (tertiary/aromatic N) is 5. The van der Waals surface area contributed by atoms with Gasteiger partial charge in [0.2, 0.25) is 10.6 Å². The topological polar surface area (TPSA) is 172 Å². The van der Waals surface area contributed by atoms with Gasteiger partial charge in [-0.3, -0.25) is 15.3 Å². The molecule has 3 heterocycles. The molecule has 3 aromatic heterocycles. The summed E-state index contributed by atoms with van der Waals surface area (Å²) in [6.45, 7) is 13.1. The second-order valence-corrected chi connectivity index (χ2v) is 11.9. The Bertz CT molecular complexity index is 1850. The van der Waals surface area contributed by atoms with Gasteiger partial charge in [-0.15, -0.1) is 0 Å². The summed E-state index contributed by atoms with van der Waals surface area (Å²) < 4.78 is 5.13. The van der Waals surface area contributed by atoms with Crippen LogP contribution in [-0.4, -0.2) is 47.7 Å². The lowest BCUT2D eigenvalue weighted by Gasteiger charge is -2.20. The van der Waals surface area contributed by atoms with Crippen molar-refractivity contribution < 1.29 is 14.3 Å². The molecule has 0 spiro atoms. The van der Waals surface area contributed by atoms with Crippen molar-refractivity contribution >= 4 is 69.2 Å². The van der Waals surface area contributed by atoms with Crippen LogP contribution in [-0.2, 0) is 4.74 Å². The summed E-state index contributed by atoms with van der Waals surface area (Å²) in [4.78, 5) is 40.4. The fraction of sp³-hybridized carbons (Fsp3) is 0.258. The molecule has 240 valence electrons. The molecule has 13 nitrogen and oxygen atoms in total. The molecule has 5 N–H and O–H groups in total. The third-order valence-electron chi connectivity index (χ3n) is 6.42. The number of nitrogens with one attached hydrogen (secondary N) is 5. The van der Waals surface area contributed by atoms with E-state index in [0.717, 1.165) is 39.1 Å². The Kier molecular flexibility index (Phi) is 10.6. The Morgan fingerprint density at radius 3 is 2.00 bits per heavy atom. The molecule has 0 unspecified atom stereocenters. The van der Waals surface area contributed by atoms with Gasteiger partial charge in [-0.25, -0.2) is 20.2 Å². The molecule has 0 fully saturated rings. The van der Waals surface area contributed by atoms with E-state index in [-0.39, 0.29) is 21.9 Å². The number of anilines is 4. The number of fused-ring (bicyclic) bond motifs is 1. The minimum Gasteiger partial charge on any atom is -0.443 e. The second kappa shape index (κ2) is 14.4. The number of halogens is 2. The fourth-order valence-electron chi connectivity index (χ4n) is 4.24. The van der Waals surface area contributed by atoms with Crippen LogP contribution >= 0.6 is 23.2 Å². The van der Waals surface area contributed by atoms with Crippen molar-refractivity contribution in [2.75, 3.05) is 16.1 Å². The maximum Gasteiger partial charge on any atom is 0.426 e. The number of H-pyrrole nitrogens is 1. The number of hydrogen-bond donors (Lipinski definition) is 5. The molecule has 2 amide bonds. The van der Waals surface area contributed by atoms with E-state index in [9.17, 15) is 9.59 Å². The van der Waals surface area contributed by atoms with Crippen molar-refractivity contribution in [3.8, 4) is 0 Å². The van der Waals surface area contributed by atoms with Crippen LogP contribution in [0, 0.1) is 27.7 Å². The molecule has 0 saturated heterocycles. The van der Waals surface area contributed by atoms with Crippen molar-refractivity contribution in [1.29, 1.82) is 0 Å². The van der Waals surface area contributed by atoms with Gasteiger partial charge in [0.1, 0.15) is 17.0 Å². The van der Waals surface area contributed by atoms with Crippen LogP contribution in [0.2, 0.25) is 10.6 Å². The number of benzene rings is 2. The number of ether oxygens (including phenoxy) is 1. The molecule has 2 aromatic carbocycles. The van der Waals surface area contributed by atoms with E-state index in [1.54, 1.807) is 27.0 Å². The predicted octanol–water partition coefficient (Wildman–Crippen LogP) is 7.22. The van der Waals surface area contributed by atoms with E-state index >= 15 is 0 Å². The van der Waals surface area contributed by atoms with Crippen LogP contribution in [0.1, 0.15) is 53.4 Å². The van der Waals surface area contributed by atoms with E-state index in [1.807, 2.05) is 38.1 Å². The predicted molar refractivity (Wildman–Crippen MR) is 180 cm³/mol. The largest absolute Gasteiger partial charge is 0.443 e. The van der Waals surface area contributed by atoms with Gasteiger partial charge in [-0.2, -0.15) is 15.1 Å². The number of hydrazine groups is 1. The zero-order chi connectivity index (χ0) is 33.6. The first-order chi connectivity index (χ1) is 21.7. The minimum atomic E-state index is -0.724. The molecule has 5 aromatic rings. The number of aromatic amines is 1. The van der Waals surface area contributed by atoms with Gasteiger partial charge < -0.3 is 15.4 Å². The van der Waals surface area contributed by atoms with Crippen molar-refractivity contribution in [3.63, 3.8) is 0 Å². The molecule has 0 aliphatic rings. The summed E-state index contributed by atoms with van der Waals surface area (Å²) >= 11 is 11.6. The van der Waals surface area contributed by atoms with Crippen molar-refractivity contribution in [1.82, 2.24) is 35.6 Å².